The average molecular weight is 572 g/mol. The average Bonchev–Trinajstić information content (AvgIpc) is 2.92. The first-order valence-corrected chi connectivity index (χ1v) is 12.9. The van der Waals surface area contributed by atoms with E-state index >= 15 is 0 Å². The van der Waals surface area contributed by atoms with Crippen molar-refractivity contribution in [3.05, 3.63) is 59.7 Å². The molecule has 1 fully saturated rings. The second kappa shape index (κ2) is 13.7. The number of benzene rings is 2. The Hall–Kier alpha value is -4.55. The van der Waals surface area contributed by atoms with Gasteiger partial charge in [-0.1, -0.05) is 25.5 Å². The number of aliphatic hydroxyl groups is 2. The molecule has 2 aromatic carbocycles. The number of aromatic hydroxyl groups is 4. The summed E-state index contributed by atoms with van der Waals surface area (Å²) in [5.74, 6) is -4.16. The molecule has 1 aliphatic rings. The van der Waals surface area contributed by atoms with Gasteiger partial charge in [-0.2, -0.15) is 0 Å². The number of hydrogen-bond donors (Lipinski definition) is 7. The van der Waals surface area contributed by atoms with Crippen LogP contribution in [0.5, 0.6) is 23.0 Å². The highest BCUT2D eigenvalue weighted by Crippen LogP contribution is 2.34. The standard InChI is InChI=1S/C29H33NO11/c1-2-3-12-30-28(38)29(39)15-23(40-25(35)10-6-17-4-8-19(31)21(33)13-17)27(37)24(16-29)41-26(36)11-7-18-5-9-20(32)22(34)14-18/h4-11,13-14,23-24,27,31-34,37,39H,2-3,12,15-16H2,1H3,(H,30,38)/b10-6+,11-7?/t23-,24-,27-,29-/m1/s1. The Balaban J connectivity index is 1.76. The van der Waals surface area contributed by atoms with Crippen LogP contribution in [0.15, 0.2) is 48.6 Å². The summed E-state index contributed by atoms with van der Waals surface area (Å²) in [6.45, 7) is 2.20. The number of aliphatic hydroxyl groups excluding tert-OH is 1. The third-order valence-corrected chi connectivity index (χ3v) is 6.44. The van der Waals surface area contributed by atoms with Crippen molar-refractivity contribution in [1.29, 1.82) is 0 Å². The van der Waals surface area contributed by atoms with Gasteiger partial charge in [0, 0.05) is 31.5 Å². The van der Waals surface area contributed by atoms with Crippen molar-refractivity contribution in [3.63, 3.8) is 0 Å². The van der Waals surface area contributed by atoms with Crippen LogP contribution >= 0.6 is 0 Å². The van der Waals surface area contributed by atoms with E-state index in [1.165, 1.54) is 48.6 Å². The van der Waals surface area contributed by atoms with Crippen LogP contribution in [0, 0.1) is 0 Å². The fraction of sp³-hybridized carbons (Fsp3) is 0.345. The summed E-state index contributed by atoms with van der Waals surface area (Å²) in [6, 6.07) is 7.71. The third-order valence-electron chi connectivity index (χ3n) is 6.44. The van der Waals surface area contributed by atoms with Crippen LogP contribution in [0.1, 0.15) is 43.7 Å². The van der Waals surface area contributed by atoms with Crippen LogP contribution in [-0.2, 0) is 23.9 Å². The van der Waals surface area contributed by atoms with Crippen molar-refractivity contribution < 1.29 is 54.5 Å². The van der Waals surface area contributed by atoms with Gasteiger partial charge in [0.1, 0.15) is 23.9 Å². The van der Waals surface area contributed by atoms with Gasteiger partial charge >= 0.3 is 11.9 Å². The molecule has 12 heteroatoms. The summed E-state index contributed by atoms with van der Waals surface area (Å²) in [5.41, 5.74) is -1.43. The molecular formula is C29H33NO11. The van der Waals surface area contributed by atoms with Gasteiger partial charge in [0.2, 0.25) is 0 Å². The number of unbranched alkanes of at least 4 members (excludes halogenated alkanes) is 1. The molecule has 0 aromatic heterocycles. The number of amides is 1. The first-order valence-electron chi connectivity index (χ1n) is 12.9. The van der Waals surface area contributed by atoms with Gasteiger partial charge in [0.05, 0.1) is 0 Å². The third kappa shape index (κ3) is 8.47. The molecule has 4 atom stereocenters. The zero-order valence-electron chi connectivity index (χ0n) is 22.3. The molecule has 12 nitrogen and oxygen atoms in total. The van der Waals surface area contributed by atoms with Crippen LogP contribution in [0.4, 0.5) is 0 Å². The molecule has 1 saturated carbocycles. The lowest BCUT2D eigenvalue weighted by molar-refractivity contribution is -0.196. The Morgan fingerprint density at radius 3 is 1.73 bits per heavy atom. The van der Waals surface area contributed by atoms with E-state index in [-0.39, 0.29) is 18.0 Å². The molecule has 0 spiro atoms. The molecule has 0 unspecified atom stereocenters. The Morgan fingerprint density at radius 2 is 1.32 bits per heavy atom. The quantitative estimate of drug-likeness (QED) is 0.0949. The van der Waals surface area contributed by atoms with E-state index in [0.717, 1.165) is 18.6 Å². The van der Waals surface area contributed by atoms with Crippen LogP contribution in [-0.4, -0.2) is 78.9 Å². The van der Waals surface area contributed by atoms with Crippen molar-refractivity contribution in [1.82, 2.24) is 5.32 Å². The highest BCUT2D eigenvalue weighted by molar-refractivity contribution is 5.89. The summed E-state index contributed by atoms with van der Waals surface area (Å²) < 4.78 is 10.7. The lowest BCUT2D eigenvalue weighted by Gasteiger charge is -2.41. The van der Waals surface area contributed by atoms with Crippen molar-refractivity contribution in [2.75, 3.05) is 6.54 Å². The molecule has 220 valence electrons. The number of phenolic OH excluding ortho intramolecular Hbond substituents is 4. The first kappa shape index (κ1) is 31.0. The van der Waals surface area contributed by atoms with Gasteiger partial charge in [0.15, 0.2) is 23.0 Å². The van der Waals surface area contributed by atoms with Gasteiger partial charge in [-0.15, -0.1) is 0 Å². The molecule has 0 saturated heterocycles. The van der Waals surface area contributed by atoms with Gasteiger partial charge in [-0.3, -0.25) is 4.79 Å². The van der Waals surface area contributed by atoms with Crippen LogP contribution in [0.2, 0.25) is 0 Å². The lowest BCUT2D eigenvalue weighted by atomic mass is 9.78. The van der Waals surface area contributed by atoms with Crippen molar-refractivity contribution in [2.45, 2.75) is 56.5 Å². The molecule has 0 bridgehead atoms. The summed E-state index contributed by atoms with van der Waals surface area (Å²) in [5, 5.41) is 62.8. The minimum absolute atomic E-state index is 0.277. The van der Waals surface area contributed by atoms with Crippen molar-refractivity contribution >= 4 is 30.0 Å². The van der Waals surface area contributed by atoms with E-state index in [4.69, 9.17) is 9.47 Å². The van der Waals surface area contributed by atoms with Gasteiger partial charge < -0.3 is 45.4 Å². The van der Waals surface area contributed by atoms with E-state index in [1.807, 2.05) is 6.92 Å². The van der Waals surface area contributed by atoms with Gasteiger partial charge in [-0.05, 0) is 54.0 Å². The van der Waals surface area contributed by atoms with E-state index in [1.54, 1.807) is 0 Å². The van der Waals surface area contributed by atoms with Crippen LogP contribution < -0.4 is 5.32 Å². The summed E-state index contributed by atoms with van der Waals surface area (Å²) >= 11 is 0. The topological polar surface area (TPSA) is 203 Å². The molecule has 0 aliphatic heterocycles. The van der Waals surface area contributed by atoms with E-state index in [2.05, 4.69) is 5.32 Å². The fourth-order valence-corrected chi connectivity index (χ4v) is 4.18. The molecule has 2 aromatic rings. The molecule has 3 rings (SSSR count). The maximum absolute atomic E-state index is 12.9. The normalized spacial score (nSPS) is 22.5. The fourth-order valence-electron chi connectivity index (χ4n) is 4.18. The van der Waals surface area contributed by atoms with Crippen LogP contribution in [0.25, 0.3) is 12.2 Å². The number of carbonyl (C=O) groups is 3. The highest BCUT2D eigenvalue weighted by Gasteiger charge is 2.51. The number of rotatable bonds is 10. The minimum Gasteiger partial charge on any atom is -0.504 e. The Kier molecular flexibility index (Phi) is 10.3. The van der Waals surface area contributed by atoms with Crippen LogP contribution in [0.3, 0.4) is 0 Å². The molecule has 1 aliphatic carbocycles. The van der Waals surface area contributed by atoms with E-state index in [9.17, 15) is 45.0 Å². The maximum Gasteiger partial charge on any atom is 0.331 e. The predicted molar refractivity (Wildman–Crippen MR) is 145 cm³/mol. The second-order valence-corrected chi connectivity index (χ2v) is 9.65. The van der Waals surface area contributed by atoms with E-state index < -0.39 is 66.1 Å². The zero-order chi connectivity index (χ0) is 30.2. The summed E-state index contributed by atoms with van der Waals surface area (Å²) in [7, 11) is 0. The van der Waals surface area contributed by atoms with E-state index in [0.29, 0.717) is 17.5 Å². The smallest absolute Gasteiger partial charge is 0.331 e. The maximum atomic E-state index is 12.9. The van der Waals surface area contributed by atoms with Gasteiger partial charge in [0.25, 0.3) is 5.91 Å². The molecule has 1 amide bonds. The molecule has 0 radical (unpaired) electrons. The Bertz CT molecular complexity index is 1230. The Labute approximate surface area is 235 Å². The number of nitrogens with one attached hydrogen (secondary N) is 1. The van der Waals surface area contributed by atoms with Crippen molar-refractivity contribution in [2.24, 2.45) is 0 Å². The summed E-state index contributed by atoms with van der Waals surface area (Å²) in [4.78, 5) is 37.9. The molecular weight excluding hydrogens is 538 g/mol. The minimum atomic E-state index is -2.14. The Morgan fingerprint density at radius 1 is 0.854 bits per heavy atom. The largest absolute Gasteiger partial charge is 0.504 e. The number of carbonyl (C=O) groups excluding carboxylic acids is 3. The number of hydrogen-bond acceptors (Lipinski definition) is 11. The number of esters is 2. The molecule has 7 N–H and O–H groups in total. The second-order valence-electron chi connectivity index (χ2n) is 9.65. The predicted octanol–water partition coefficient (Wildman–Crippen LogP) is 1.86. The lowest BCUT2D eigenvalue weighted by Crippen LogP contribution is -2.60. The number of ether oxygens (including phenoxy) is 2. The molecule has 41 heavy (non-hydrogen) atoms. The monoisotopic (exact) mass is 571 g/mol. The zero-order valence-corrected chi connectivity index (χ0v) is 22.3. The highest BCUT2D eigenvalue weighted by atomic mass is 16.6. The summed E-state index contributed by atoms with van der Waals surface area (Å²) in [6.07, 6.45) is 0.570. The first-order chi connectivity index (χ1) is 19.4. The van der Waals surface area contributed by atoms with Gasteiger partial charge in [-0.25, -0.2) is 9.59 Å². The SMILES string of the molecule is CCCCNC(=O)[C@]1(O)C[C@@H](OC(=O)C=Cc2ccc(O)c(O)c2)[C@H](O)[C@H](OC(=O)/C=C/c2ccc(O)c(O)c2)C1. The molecule has 0 heterocycles. The van der Waals surface area contributed by atoms with Crippen molar-refractivity contribution in [3.8, 4) is 23.0 Å². The number of phenols is 4.